The Morgan fingerprint density at radius 1 is 1.07 bits per heavy atom. The third kappa shape index (κ3) is 6.07. The Kier molecular flexibility index (Phi) is 7.60. The highest BCUT2D eigenvalue weighted by atomic mass is 32.2. The van der Waals surface area contributed by atoms with Gasteiger partial charge in [-0.3, -0.25) is 14.4 Å². The molecule has 0 radical (unpaired) electrons. The number of aryl methyl sites for hydroxylation is 1. The van der Waals surface area contributed by atoms with Crippen LogP contribution in [0.3, 0.4) is 0 Å². The van der Waals surface area contributed by atoms with Crippen molar-refractivity contribution < 1.29 is 13.2 Å². The van der Waals surface area contributed by atoms with E-state index < -0.39 is 10.0 Å². The summed E-state index contributed by atoms with van der Waals surface area (Å²) in [6.45, 7) is 8.21. The first-order valence-electron chi connectivity index (χ1n) is 9.40. The van der Waals surface area contributed by atoms with Crippen molar-refractivity contribution >= 4 is 21.6 Å². The fourth-order valence-electron chi connectivity index (χ4n) is 3.16. The van der Waals surface area contributed by atoms with Crippen molar-refractivity contribution in [2.75, 3.05) is 30.6 Å². The number of carbonyl (C=O) groups excluding carboxylic acids is 1. The van der Waals surface area contributed by atoms with E-state index in [1.807, 2.05) is 18.2 Å². The van der Waals surface area contributed by atoms with Crippen LogP contribution >= 0.6 is 0 Å². The molecule has 0 aromatic heterocycles. The lowest BCUT2D eigenvalue weighted by atomic mass is 10.0. The Labute approximate surface area is 168 Å². The number of nitrogens with one attached hydrogen (secondary N) is 2. The number of amides is 1. The third-order valence-electron chi connectivity index (χ3n) is 4.69. The van der Waals surface area contributed by atoms with E-state index >= 15 is 0 Å². The van der Waals surface area contributed by atoms with E-state index in [0.717, 1.165) is 30.5 Å². The van der Waals surface area contributed by atoms with Crippen LogP contribution in [0.1, 0.15) is 41.4 Å². The Hall–Kier alpha value is -2.38. The summed E-state index contributed by atoms with van der Waals surface area (Å²) < 4.78 is 25.5. The topological polar surface area (TPSA) is 78.5 Å². The molecule has 152 valence electrons. The zero-order valence-corrected chi connectivity index (χ0v) is 17.7. The summed E-state index contributed by atoms with van der Waals surface area (Å²) in [6.07, 6.45) is 1.09. The number of nitrogens with zero attached hydrogens (tertiary/aromatic N) is 1. The molecule has 0 aliphatic rings. The van der Waals surface area contributed by atoms with Gasteiger partial charge in [0.2, 0.25) is 10.0 Å². The third-order valence-corrected chi connectivity index (χ3v) is 5.28. The van der Waals surface area contributed by atoms with Gasteiger partial charge in [-0.1, -0.05) is 50.2 Å². The fraction of sp³-hybridized carbons (Fsp3) is 0.381. The average molecular weight is 404 g/mol. The Morgan fingerprint density at radius 2 is 1.71 bits per heavy atom. The molecule has 0 heterocycles. The standard InChI is InChI=1S/C21H29N3O3S/c1-5-24(6-2)20(17-10-8-7-9-11-17)15-22-21(25)18-13-12-16(3)19(14-18)23-28(4,26)27/h7-14,20,23H,5-6,15H2,1-4H3,(H,22,25). The highest BCUT2D eigenvalue weighted by Crippen LogP contribution is 2.21. The van der Waals surface area contributed by atoms with E-state index in [9.17, 15) is 13.2 Å². The van der Waals surface area contributed by atoms with E-state index in [-0.39, 0.29) is 11.9 Å². The van der Waals surface area contributed by atoms with E-state index in [2.05, 4.69) is 40.9 Å². The van der Waals surface area contributed by atoms with Gasteiger partial charge in [-0.2, -0.15) is 0 Å². The van der Waals surface area contributed by atoms with Gasteiger partial charge < -0.3 is 5.32 Å². The van der Waals surface area contributed by atoms with Crippen molar-refractivity contribution in [2.45, 2.75) is 26.8 Å². The first kappa shape index (κ1) is 21.9. The summed E-state index contributed by atoms with van der Waals surface area (Å²) in [5.41, 5.74) is 2.74. The van der Waals surface area contributed by atoms with Crippen LogP contribution in [-0.4, -0.2) is 45.1 Å². The molecule has 2 rings (SSSR count). The molecule has 6 nitrogen and oxygen atoms in total. The van der Waals surface area contributed by atoms with Crippen LogP contribution in [0.2, 0.25) is 0 Å². The molecule has 1 atom stereocenters. The van der Waals surface area contributed by atoms with Crippen LogP contribution in [0.5, 0.6) is 0 Å². The summed E-state index contributed by atoms with van der Waals surface area (Å²) in [4.78, 5) is 15.0. The molecule has 2 aromatic rings. The zero-order chi connectivity index (χ0) is 20.7. The maximum absolute atomic E-state index is 12.7. The Morgan fingerprint density at radius 3 is 2.29 bits per heavy atom. The van der Waals surface area contributed by atoms with Crippen molar-refractivity contribution in [1.29, 1.82) is 0 Å². The van der Waals surface area contributed by atoms with Crippen molar-refractivity contribution in [3.63, 3.8) is 0 Å². The van der Waals surface area contributed by atoms with Crippen LogP contribution < -0.4 is 10.0 Å². The molecule has 1 unspecified atom stereocenters. The van der Waals surface area contributed by atoms with Crippen LogP contribution in [0.15, 0.2) is 48.5 Å². The van der Waals surface area contributed by atoms with E-state index in [1.54, 1.807) is 25.1 Å². The molecular formula is C21H29N3O3S. The molecular weight excluding hydrogens is 374 g/mol. The zero-order valence-electron chi connectivity index (χ0n) is 16.9. The quantitative estimate of drug-likeness (QED) is 0.674. The first-order valence-corrected chi connectivity index (χ1v) is 11.3. The normalized spacial score (nSPS) is 12.6. The predicted molar refractivity (Wildman–Crippen MR) is 114 cm³/mol. The molecule has 2 aromatic carbocycles. The van der Waals surface area contributed by atoms with Crippen molar-refractivity contribution in [3.05, 3.63) is 65.2 Å². The van der Waals surface area contributed by atoms with Crippen molar-refractivity contribution in [1.82, 2.24) is 10.2 Å². The monoisotopic (exact) mass is 403 g/mol. The molecule has 0 aliphatic carbocycles. The molecule has 0 spiro atoms. The number of sulfonamides is 1. The number of rotatable bonds is 9. The summed E-state index contributed by atoms with van der Waals surface area (Å²) in [5.74, 6) is -0.232. The van der Waals surface area contributed by atoms with Crippen LogP contribution in [0.4, 0.5) is 5.69 Å². The van der Waals surface area contributed by atoms with Crippen LogP contribution in [0, 0.1) is 6.92 Å². The number of hydrogen-bond donors (Lipinski definition) is 2. The van der Waals surface area contributed by atoms with Gasteiger partial charge in [-0.15, -0.1) is 0 Å². The lowest BCUT2D eigenvalue weighted by molar-refractivity contribution is 0.0935. The minimum Gasteiger partial charge on any atom is -0.350 e. The van der Waals surface area contributed by atoms with Crippen molar-refractivity contribution in [2.24, 2.45) is 0 Å². The molecule has 0 saturated carbocycles. The maximum atomic E-state index is 12.7. The smallest absolute Gasteiger partial charge is 0.251 e. The minimum absolute atomic E-state index is 0.0687. The summed E-state index contributed by atoms with van der Waals surface area (Å²) in [6, 6.07) is 15.2. The summed E-state index contributed by atoms with van der Waals surface area (Å²) >= 11 is 0. The number of benzene rings is 2. The van der Waals surface area contributed by atoms with Gasteiger partial charge in [0.05, 0.1) is 18.0 Å². The maximum Gasteiger partial charge on any atom is 0.251 e. The lowest BCUT2D eigenvalue weighted by Gasteiger charge is -2.30. The van der Waals surface area contributed by atoms with Crippen LogP contribution in [0.25, 0.3) is 0 Å². The largest absolute Gasteiger partial charge is 0.350 e. The van der Waals surface area contributed by atoms with E-state index in [4.69, 9.17) is 0 Å². The fourth-order valence-corrected chi connectivity index (χ4v) is 3.78. The lowest BCUT2D eigenvalue weighted by Crippen LogP contribution is -2.38. The average Bonchev–Trinajstić information content (AvgIpc) is 2.66. The molecule has 0 fully saturated rings. The van der Waals surface area contributed by atoms with Crippen LogP contribution in [-0.2, 0) is 10.0 Å². The number of likely N-dealkylation sites (N-methyl/N-ethyl adjacent to an activating group) is 1. The Balaban J connectivity index is 2.17. The second-order valence-electron chi connectivity index (χ2n) is 6.76. The number of hydrogen-bond acceptors (Lipinski definition) is 4. The molecule has 0 bridgehead atoms. The summed E-state index contributed by atoms with van der Waals surface area (Å²) in [7, 11) is -3.41. The second-order valence-corrected chi connectivity index (χ2v) is 8.51. The highest BCUT2D eigenvalue weighted by Gasteiger charge is 2.19. The molecule has 2 N–H and O–H groups in total. The molecule has 28 heavy (non-hydrogen) atoms. The highest BCUT2D eigenvalue weighted by molar-refractivity contribution is 7.92. The van der Waals surface area contributed by atoms with Gasteiger partial charge in [-0.05, 0) is 43.3 Å². The number of carbonyl (C=O) groups is 1. The molecule has 7 heteroatoms. The van der Waals surface area contributed by atoms with Gasteiger partial charge in [0.25, 0.3) is 5.91 Å². The first-order chi connectivity index (χ1) is 13.2. The van der Waals surface area contributed by atoms with E-state index in [0.29, 0.717) is 17.8 Å². The van der Waals surface area contributed by atoms with Crippen molar-refractivity contribution in [3.8, 4) is 0 Å². The van der Waals surface area contributed by atoms with Gasteiger partial charge in [-0.25, -0.2) is 8.42 Å². The van der Waals surface area contributed by atoms with E-state index in [1.165, 1.54) is 0 Å². The van der Waals surface area contributed by atoms with Gasteiger partial charge >= 0.3 is 0 Å². The van der Waals surface area contributed by atoms with Gasteiger partial charge in [0.15, 0.2) is 0 Å². The molecule has 1 amide bonds. The summed E-state index contributed by atoms with van der Waals surface area (Å²) in [5, 5.41) is 3.00. The predicted octanol–water partition coefficient (Wildman–Crippen LogP) is 3.18. The molecule has 0 aliphatic heterocycles. The Bertz CT molecular complexity index is 894. The van der Waals surface area contributed by atoms with Gasteiger partial charge in [0.1, 0.15) is 0 Å². The molecule has 0 saturated heterocycles. The SMILES string of the molecule is CCN(CC)C(CNC(=O)c1ccc(C)c(NS(C)(=O)=O)c1)c1ccccc1. The number of anilines is 1. The minimum atomic E-state index is -3.41. The second kappa shape index (κ2) is 9.71. The van der Waals surface area contributed by atoms with Gasteiger partial charge in [0, 0.05) is 12.1 Å².